The van der Waals surface area contributed by atoms with Crippen molar-refractivity contribution in [3.05, 3.63) is 29.3 Å². The molecule has 2 aliphatic rings. The number of ether oxygens (including phenoxy) is 1. The number of nitrogens with zero attached hydrogens (tertiary/aromatic N) is 1. The summed E-state index contributed by atoms with van der Waals surface area (Å²) in [5.41, 5.74) is 3.24. The van der Waals surface area contributed by atoms with Crippen molar-refractivity contribution in [3.63, 3.8) is 0 Å². The molecule has 0 unspecified atom stereocenters. The Kier molecular flexibility index (Phi) is 5.19. The summed E-state index contributed by atoms with van der Waals surface area (Å²) >= 11 is 0. The van der Waals surface area contributed by atoms with Gasteiger partial charge in [0.15, 0.2) is 0 Å². The van der Waals surface area contributed by atoms with Gasteiger partial charge in [-0.2, -0.15) is 0 Å². The van der Waals surface area contributed by atoms with Crippen LogP contribution in [0, 0.1) is 12.8 Å². The minimum Gasteiger partial charge on any atom is -0.381 e. The number of nitrogens with one attached hydrogen (secondary N) is 1. The van der Waals surface area contributed by atoms with E-state index >= 15 is 0 Å². The number of carbonyl (C=O) groups is 2. The number of hydrogen-bond donors (Lipinski definition) is 1. The van der Waals surface area contributed by atoms with Crippen LogP contribution in [0.1, 0.15) is 37.3 Å². The molecule has 24 heavy (non-hydrogen) atoms. The number of benzene rings is 1. The van der Waals surface area contributed by atoms with Crippen LogP contribution in [0.2, 0.25) is 0 Å². The first-order valence-electron chi connectivity index (χ1n) is 8.87. The zero-order chi connectivity index (χ0) is 17.1. The molecule has 0 aromatic heterocycles. The van der Waals surface area contributed by atoms with Crippen LogP contribution < -0.4 is 10.2 Å². The average Bonchev–Trinajstić information content (AvgIpc) is 2.97. The molecule has 1 aromatic carbocycles. The zero-order valence-corrected chi connectivity index (χ0v) is 14.5. The molecule has 1 aromatic rings. The van der Waals surface area contributed by atoms with Gasteiger partial charge >= 0.3 is 0 Å². The van der Waals surface area contributed by atoms with E-state index in [0.717, 1.165) is 36.1 Å². The molecule has 2 fully saturated rings. The van der Waals surface area contributed by atoms with E-state index in [1.54, 1.807) is 0 Å². The van der Waals surface area contributed by atoms with Gasteiger partial charge in [0.25, 0.3) is 0 Å². The molecule has 5 heteroatoms. The monoisotopic (exact) mass is 330 g/mol. The van der Waals surface area contributed by atoms with Gasteiger partial charge in [-0.1, -0.05) is 25.1 Å². The molecule has 5 nitrogen and oxygen atoms in total. The second-order valence-corrected chi connectivity index (χ2v) is 6.74. The van der Waals surface area contributed by atoms with Crippen molar-refractivity contribution in [2.24, 2.45) is 5.92 Å². The molecule has 0 radical (unpaired) electrons. The lowest BCUT2D eigenvalue weighted by Crippen LogP contribution is -2.42. The lowest BCUT2D eigenvalue weighted by Gasteiger charge is -2.25. The summed E-state index contributed by atoms with van der Waals surface area (Å²) in [6.07, 6.45) is 2.88. The maximum Gasteiger partial charge on any atom is 0.227 e. The molecular weight excluding hydrogens is 304 g/mol. The van der Waals surface area contributed by atoms with E-state index in [1.807, 2.05) is 24.0 Å². The van der Waals surface area contributed by atoms with E-state index in [4.69, 9.17) is 4.74 Å². The zero-order valence-electron chi connectivity index (χ0n) is 14.5. The second kappa shape index (κ2) is 7.34. The molecule has 2 amide bonds. The maximum absolute atomic E-state index is 12.5. The summed E-state index contributed by atoms with van der Waals surface area (Å²) in [6.45, 7) is 5.99. The summed E-state index contributed by atoms with van der Waals surface area (Å²) in [6, 6.07) is 6.29. The van der Waals surface area contributed by atoms with Gasteiger partial charge in [0.1, 0.15) is 0 Å². The van der Waals surface area contributed by atoms with E-state index in [1.165, 1.54) is 0 Å². The summed E-state index contributed by atoms with van der Waals surface area (Å²) in [4.78, 5) is 26.9. The molecule has 2 saturated heterocycles. The minimum atomic E-state index is -0.260. The first-order chi connectivity index (χ1) is 11.6. The first kappa shape index (κ1) is 17.0. The van der Waals surface area contributed by atoms with Gasteiger partial charge < -0.3 is 15.0 Å². The van der Waals surface area contributed by atoms with Crippen LogP contribution in [-0.2, 0) is 20.7 Å². The molecule has 130 valence electrons. The smallest absolute Gasteiger partial charge is 0.227 e. The van der Waals surface area contributed by atoms with Crippen LogP contribution in [0.25, 0.3) is 0 Å². The first-order valence-corrected chi connectivity index (χ1v) is 8.87. The summed E-state index contributed by atoms with van der Waals surface area (Å²) in [7, 11) is 0. The van der Waals surface area contributed by atoms with Gasteiger partial charge in [-0.15, -0.1) is 0 Å². The predicted octanol–water partition coefficient (Wildman–Crippen LogP) is 2.21. The van der Waals surface area contributed by atoms with Crippen LogP contribution in [0.4, 0.5) is 5.69 Å². The van der Waals surface area contributed by atoms with E-state index in [0.29, 0.717) is 26.2 Å². The highest BCUT2D eigenvalue weighted by Gasteiger charge is 2.37. The third-order valence-corrected chi connectivity index (χ3v) is 5.04. The molecule has 0 spiro atoms. The van der Waals surface area contributed by atoms with Gasteiger partial charge in [0.2, 0.25) is 11.8 Å². The van der Waals surface area contributed by atoms with Gasteiger partial charge in [-0.25, -0.2) is 0 Å². The third-order valence-electron chi connectivity index (χ3n) is 5.04. The summed E-state index contributed by atoms with van der Waals surface area (Å²) in [5.74, 6) is -0.208. The molecule has 0 saturated carbocycles. The number of rotatable bonds is 4. The summed E-state index contributed by atoms with van der Waals surface area (Å²) in [5, 5.41) is 3.10. The van der Waals surface area contributed by atoms with Crippen molar-refractivity contribution < 1.29 is 14.3 Å². The van der Waals surface area contributed by atoms with Crippen molar-refractivity contribution in [1.82, 2.24) is 5.32 Å². The molecule has 2 aliphatic heterocycles. The molecule has 1 atom stereocenters. The molecule has 3 rings (SSSR count). The topological polar surface area (TPSA) is 58.6 Å². The highest BCUT2D eigenvalue weighted by molar-refractivity contribution is 6.01. The second-order valence-electron chi connectivity index (χ2n) is 6.74. The number of aryl methyl sites for hydroxylation is 2. The van der Waals surface area contributed by atoms with Crippen molar-refractivity contribution in [2.45, 2.75) is 45.6 Å². The number of para-hydroxylation sites is 1. The molecule has 0 aliphatic carbocycles. The van der Waals surface area contributed by atoms with Gasteiger partial charge in [0, 0.05) is 37.9 Å². The van der Waals surface area contributed by atoms with Crippen molar-refractivity contribution in [2.75, 3.05) is 24.7 Å². The Bertz CT molecular complexity index is 623. The van der Waals surface area contributed by atoms with Crippen molar-refractivity contribution in [1.29, 1.82) is 0 Å². The van der Waals surface area contributed by atoms with E-state index < -0.39 is 0 Å². The fourth-order valence-electron chi connectivity index (χ4n) is 3.65. The Morgan fingerprint density at radius 3 is 2.79 bits per heavy atom. The largest absolute Gasteiger partial charge is 0.381 e. The fourth-order valence-corrected chi connectivity index (χ4v) is 3.65. The van der Waals surface area contributed by atoms with Gasteiger partial charge in [-0.05, 0) is 37.3 Å². The Morgan fingerprint density at radius 2 is 2.08 bits per heavy atom. The van der Waals surface area contributed by atoms with E-state index in [-0.39, 0.29) is 23.8 Å². The van der Waals surface area contributed by atoms with Crippen LogP contribution in [0.15, 0.2) is 18.2 Å². The highest BCUT2D eigenvalue weighted by atomic mass is 16.5. The van der Waals surface area contributed by atoms with Gasteiger partial charge in [0.05, 0.1) is 5.92 Å². The Morgan fingerprint density at radius 1 is 1.33 bits per heavy atom. The van der Waals surface area contributed by atoms with Crippen LogP contribution >= 0.6 is 0 Å². The van der Waals surface area contributed by atoms with Crippen LogP contribution in [-0.4, -0.2) is 37.6 Å². The fraction of sp³-hybridized carbons (Fsp3) is 0.579. The maximum atomic E-state index is 12.5. The summed E-state index contributed by atoms with van der Waals surface area (Å²) < 4.78 is 5.32. The standard InChI is InChI=1S/C19H26N2O3/c1-3-14-6-4-5-13(2)18(14)21-12-15(11-17(21)22)19(23)20-16-7-9-24-10-8-16/h4-6,15-16H,3,7-12H2,1-2H3,(H,20,23)/t15-/m0/s1. The van der Waals surface area contributed by atoms with Crippen LogP contribution in [0.3, 0.4) is 0 Å². The molecular formula is C19H26N2O3. The average molecular weight is 330 g/mol. The van der Waals surface area contributed by atoms with Crippen molar-refractivity contribution >= 4 is 17.5 Å². The third kappa shape index (κ3) is 3.46. The quantitative estimate of drug-likeness (QED) is 0.921. The highest BCUT2D eigenvalue weighted by Crippen LogP contribution is 2.31. The lowest BCUT2D eigenvalue weighted by atomic mass is 10.0. The molecule has 0 bridgehead atoms. The Balaban J connectivity index is 1.70. The Hall–Kier alpha value is -1.88. The minimum absolute atomic E-state index is 0.00406. The number of hydrogen-bond acceptors (Lipinski definition) is 3. The normalized spacial score (nSPS) is 22.0. The lowest BCUT2D eigenvalue weighted by molar-refractivity contribution is -0.127. The number of amides is 2. The molecule has 2 heterocycles. The SMILES string of the molecule is CCc1cccc(C)c1N1C[C@@H](C(=O)NC2CCOCC2)CC1=O. The number of anilines is 1. The van der Waals surface area contributed by atoms with Crippen molar-refractivity contribution in [3.8, 4) is 0 Å². The predicted molar refractivity (Wildman–Crippen MR) is 93.0 cm³/mol. The molecule has 1 N–H and O–H groups in total. The van der Waals surface area contributed by atoms with Crippen LogP contribution in [0.5, 0.6) is 0 Å². The van der Waals surface area contributed by atoms with E-state index in [9.17, 15) is 9.59 Å². The Labute approximate surface area is 143 Å². The van der Waals surface area contributed by atoms with E-state index in [2.05, 4.69) is 18.3 Å². The van der Waals surface area contributed by atoms with Gasteiger partial charge in [-0.3, -0.25) is 9.59 Å². The number of carbonyl (C=O) groups excluding carboxylic acids is 2.